The summed E-state index contributed by atoms with van der Waals surface area (Å²) in [4.78, 5) is 13.0. The number of nitrogens with one attached hydrogen (secondary N) is 2. The SMILES string of the molecule is COc1ccc(-c2csc(Nc3ccc(S(=O)(=O)Nc4nc(C)cc(C)n4)cc3)n2)cc1C. The zero-order chi connectivity index (χ0) is 23.6. The lowest BCUT2D eigenvalue weighted by molar-refractivity contribution is 0.412. The van der Waals surface area contributed by atoms with Gasteiger partial charge in [0.2, 0.25) is 5.95 Å². The predicted octanol–water partition coefficient (Wildman–Crippen LogP) is 5.08. The smallest absolute Gasteiger partial charge is 0.264 e. The van der Waals surface area contributed by atoms with Crippen molar-refractivity contribution in [3.05, 3.63) is 70.9 Å². The van der Waals surface area contributed by atoms with Crippen molar-refractivity contribution in [2.75, 3.05) is 17.1 Å². The van der Waals surface area contributed by atoms with Crippen LogP contribution >= 0.6 is 11.3 Å². The largest absolute Gasteiger partial charge is 0.496 e. The molecule has 0 atom stereocenters. The predicted molar refractivity (Wildman–Crippen MR) is 131 cm³/mol. The number of hydrogen-bond acceptors (Lipinski definition) is 8. The molecule has 8 nitrogen and oxygen atoms in total. The second-order valence-corrected chi connectivity index (χ2v) is 9.99. The Hall–Kier alpha value is -3.50. The maximum atomic E-state index is 12.7. The molecule has 0 unspecified atom stereocenters. The summed E-state index contributed by atoms with van der Waals surface area (Å²) in [5.41, 5.74) is 4.99. The minimum Gasteiger partial charge on any atom is -0.496 e. The number of sulfonamides is 1. The molecule has 170 valence electrons. The van der Waals surface area contributed by atoms with Crippen molar-refractivity contribution in [2.45, 2.75) is 25.7 Å². The molecule has 2 aromatic carbocycles. The highest BCUT2D eigenvalue weighted by molar-refractivity contribution is 7.92. The minimum absolute atomic E-state index is 0.0544. The molecule has 0 radical (unpaired) electrons. The summed E-state index contributed by atoms with van der Waals surface area (Å²) in [6.45, 7) is 5.56. The Morgan fingerprint density at radius 3 is 2.24 bits per heavy atom. The molecule has 2 N–H and O–H groups in total. The Labute approximate surface area is 196 Å². The van der Waals surface area contributed by atoms with E-state index < -0.39 is 10.0 Å². The van der Waals surface area contributed by atoms with Gasteiger partial charge in [0, 0.05) is 28.0 Å². The molecule has 0 spiro atoms. The summed E-state index contributed by atoms with van der Waals surface area (Å²) < 4.78 is 33.1. The third-order valence-corrected chi connectivity index (χ3v) is 6.92. The minimum atomic E-state index is -3.80. The van der Waals surface area contributed by atoms with Crippen LogP contribution in [0.3, 0.4) is 0 Å². The Balaban J connectivity index is 1.47. The second-order valence-electron chi connectivity index (χ2n) is 7.45. The van der Waals surface area contributed by atoms with Gasteiger partial charge in [0.15, 0.2) is 5.13 Å². The highest BCUT2D eigenvalue weighted by Crippen LogP contribution is 2.30. The van der Waals surface area contributed by atoms with Gasteiger partial charge in [0.1, 0.15) is 5.75 Å². The fourth-order valence-electron chi connectivity index (χ4n) is 3.29. The first-order valence-corrected chi connectivity index (χ1v) is 12.4. The monoisotopic (exact) mass is 481 g/mol. The van der Waals surface area contributed by atoms with Gasteiger partial charge in [0.25, 0.3) is 10.0 Å². The second kappa shape index (κ2) is 9.16. The van der Waals surface area contributed by atoms with Crippen LogP contribution in [0.15, 0.2) is 58.8 Å². The van der Waals surface area contributed by atoms with Crippen molar-refractivity contribution < 1.29 is 13.2 Å². The lowest BCUT2D eigenvalue weighted by Crippen LogP contribution is -2.15. The summed E-state index contributed by atoms with van der Waals surface area (Å²) >= 11 is 1.47. The number of aryl methyl sites for hydroxylation is 3. The zero-order valence-corrected chi connectivity index (χ0v) is 20.2. The van der Waals surface area contributed by atoms with E-state index in [0.717, 1.165) is 28.3 Å². The number of anilines is 3. The maximum Gasteiger partial charge on any atom is 0.264 e. The van der Waals surface area contributed by atoms with E-state index in [1.54, 1.807) is 39.2 Å². The van der Waals surface area contributed by atoms with E-state index in [1.807, 2.05) is 30.5 Å². The molecule has 33 heavy (non-hydrogen) atoms. The van der Waals surface area contributed by atoms with Crippen LogP contribution < -0.4 is 14.8 Å². The van der Waals surface area contributed by atoms with Crippen LogP contribution in [0.2, 0.25) is 0 Å². The van der Waals surface area contributed by atoms with Crippen LogP contribution in [0.25, 0.3) is 11.3 Å². The number of aromatic nitrogens is 3. The molecule has 0 aliphatic rings. The molecule has 0 fully saturated rings. The molecule has 4 rings (SSSR count). The summed E-state index contributed by atoms with van der Waals surface area (Å²) in [5.74, 6) is 0.889. The Kier molecular flexibility index (Phi) is 6.30. The van der Waals surface area contributed by atoms with Crippen LogP contribution in [0, 0.1) is 20.8 Å². The molecular weight excluding hydrogens is 458 g/mol. The Morgan fingerprint density at radius 1 is 0.909 bits per heavy atom. The molecule has 10 heteroatoms. The van der Waals surface area contributed by atoms with Crippen molar-refractivity contribution >= 4 is 38.1 Å². The van der Waals surface area contributed by atoms with Gasteiger partial charge in [-0.05, 0) is 74.9 Å². The molecule has 0 aliphatic heterocycles. The summed E-state index contributed by atoms with van der Waals surface area (Å²) in [5, 5.41) is 5.89. The average Bonchev–Trinajstić information content (AvgIpc) is 3.21. The quantitative estimate of drug-likeness (QED) is 0.379. The maximum absolute atomic E-state index is 12.7. The number of thiazole rings is 1. The van der Waals surface area contributed by atoms with Gasteiger partial charge < -0.3 is 10.1 Å². The number of hydrogen-bond donors (Lipinski definition) is 2. The zero-order valence-electron chi connectivity index (χ0n) is 18.6. The van der Waals surface area contributed by atoms with Crippen molar-refractivity contribution in [2.24, 2.45) is 0 Å². The van der Waals surface area contributed by atoms with E-state index in [4.69, 9.17) is 4.74 Å². The fourth-order valence-corrected chi connectivity index (χ4v) is 4.98. The fraction of sp³-hybridized carbons (Fsp3) is 0.174. The van der Waals surface area contributed by atoms with E-state index in [-0.39, 0.29) is 10.8 Å². The Bertz CT molecular complexity index is 1380. The number of methoxy groups -OCH3 is 1. The van der Waals surface area contributed by atoms with Gasteiger partial charge in [-0.15, -0.1) is 11.3 Å². The van der Waals surface area contributed by atoms with Gasteiger partial charge in [-0.3, -0.25) is 0 Å². The topological polar surface area (TPSA) is 106 Å². The van der Waals surface area contributed by atoms with Gasteiger partial charge >= 0.3 is 0 Å². The first-order chi connectivity index (χ1) is 15.7. The summed E-state index contributed by atoms with van der Waals surface area (Å²) in [6.07, 6.45) is 0. The highest BCUT2D eigenvalue weighted by atomic mass is 32.2. The normalized spacial score (nSPS) is 11.3. The lowest BCUT2D eigenvalue weighted by atomic mass is 10.1. The molecule has 0 aliphatic carbocycles. The first kappa shape index (κ1) is 22.7. The molecule has 2 aromatic heterocycles. The summed E-state index contributed by atoms with van der Waals surface area (Å²) in [7, 11) is -2.15. The van der Waals surface area contributed by atoms with E-state index in [9.17, 15) is 8.42 Å². The molecule has 0 saturated carbocycles. The Morgan fingerprint density at radius 2 is 1.61 bits per heavy atom. The standard InChI is InChI=1S/C23H23N5O3S2/c1-14-11-17(5-10-21(14)31-4)20-13-32-23(27-20)26-18-6-8-19(9-7-18)33(29,30)28-22-24-15(2)12-16(3)25-22/h5-13H,1-4H3,(H,26,27)(H,24,25,28). The van der Waals surface area contributed by atoms with Gasteiger partial charge in [-0.25, -0.2) is 28.1 Å². The van der Waals surface area contributed by atoms with Crippen LogP contribution in [0.4, 0.5) is 16.8 Å². The van der Waals surface area contributed by atoms with Crippen LogP contribution in [0.5, 0.6) is 5.75 Å². The first-order valence-electron chi connectivity index (χ1n) is 10.1. The van der Waals surface area contributed by atoms with E-state index >= 15 is 0 Å². The van der Waals surface area contributed by atoms with Crippen LogP contribution in [-0.4, -0.2) is 30.5 Å². The molecule has 0 bridgehead atoms. The lowest BCUT2D eigenvalue weighted by Gasteiger charge is -2.09. The van der Waals surface area contributed by atoms with Gasteiger partial charge in [-0.2, -0.15) is 0 Å². The average molecular weight is 482 g/mol. The van der Waals surface area contributed by atoms with E-state index in [1.165, 1.54) is 23.5 Å². The van der Waals surface area contributed by atoms with Crippen molar-refractivity contribution in [3.8, 4) is 17.0 Å². The number of nitrogens with zero attached hydrogens (tertiary/aromatic N) is 3. The third kappa shape index (κ3) is 5.29. The van der Waals surface area contributed by atoms with Gasteiger partial charge in [-0.1, -0.05) is 0 Å². The third-order valence-electron chi connectivity index (χ3n) is 4.82. The van der Waals surface area contributed by atoms with Crippen molar-refractivity contribution in [3.63, 3.8) is 0 Å². The number of benzene rings is 2. The van der Waals surface area contributed by atoms with Crippen LogP contribution in [0.1, 0.15) is 17.0 Å². The molecular formula is C23H23N5O3S2. The molecule has 2 heterocycles. The van der Waals surface area contributed by atoms with Crippen molar-refractivity contribution in [1.82, 2.24) is 15.0 Å². The number of ether oxygens (including phenoxy) is 1. The molecule has 4 aromatic rings. The van der Waals surface area contributed by atoms with Gasteiger partial charge in [0.05, 0.1) is 17.7 Å². The summed E-state index contributed by atoms with van der Waals surface area (Å²) in [6, 6.07) is 14.1. The van der Waals surface area contributed by atoms with Crippen molar-refractivity contribution in [1.29, 1.82) is 0 Å². The van der Waals surface area contributed by atoms with Crippen LogP contribution in [-0.2, 0) is 10.0 Å². The molecule has 0 saturated heterocycles. The number of rotatable bonds is 7. The highest BCUT2D eigenvalue weighted by Gasteiger charge is 2.16. The molecule has 0 amide bonds. The van der Waals surface area contributed by atoms with E-state index in [0.29, 0.717) is 16.5 Å². The van der Waals surface area contributed by atoms with E-state index in [2.05, 4.69) is 25.0 Å².